The molecule has 0 saturated carbocycles. The monoisotopic (exact) mass is 393 g/mol. The second kappa shape index (κ2) is 10.5. The largest absolute Gasteiger partial charge is 0.337 e. The molecule has 0 aliphatic carbocycles. The SMILES string of the molecule is CC(N)CC(=O)N(CCN1CCCC1)Cc1ccc(Cl)c(Cl)c1.Cl. The number of amides is 1. The van der Waals surface area contributed by atoms with E-state index < -0.39 is 0 Å². The Hall–Kier alpha value is -0.520. The van der Waals surface area contributed by atoms with Crippen LogP contribution in [0.3, 0.4) is 0 Å². The normalized spacial score (nSPS) is 15.8. The molecule has 0 bridgehead atoms. The predicted octanol–water partition coefficient (Wildman–Crippen LogP) is 3.58. The standard InChI is InChI=1S/C17H25Cl2N3O.ClH/c1-13(20)10-17(23)22(9-8-21-6-2-3-7-21)12-14-4-5-15(18)16(19)11-14;/h4-5,11,13H,2-3,6-10,12,20H2,1H3;1H. The van der Waals surface area contributed by atoms with E-state index in [-0.39, 0.29) is 24.4 Å². The number of carbonyl (C=O) groups is 1. The molecule has 1 aliphatic heterocycles. The van der Waals surface area contributed by atoms with E-state index in [1.807, 2.05) is 24.0 Å². The average molecular weight is 395 g/mol. The van der Waals surface area contributed by atoms with Crippen LogP contribution in [-0.4, -0.2) is 47.9 Å². The van der Waals surface area contributed by atoms with Crippen LogP contribution >= 0.6 is 35.6 Å². The van der Waals surface area contributed by atoms with Crippen LogP contribution in [-0.2, 0) is 11.3 Å². The molecule has 4 nitrogen and oxygen atoms in total. The van der Waals surface area contributed by atoms with Crippen LogP contribution in [0, 0.1) is 0 Å². The molecule has 1 amide bonds. The van der Waals surface area contributed by atoms with Crippen molar-refractivity contribution in [1.29, 1.82) is 0 Å². The summed E-state index contributed by atoms with van der Waals surface area (Å²) in [5, 5.41) is 1.05. The zero-order valence-electron chi connectivity index (χ0n) is 14.0. The summed E-state index contributed by atoms with van der Waals surface area (Å²) >= 11 is 12.0. The zero-order chi connectivity index (χ0) is 16.8. The van der Waals surface area contributed by atoms with Gasteiger partial charge in [0.1, 0.15) is 0 Å². The molecule has 0 aromatic heterocycles. The highest BCUT2D eigenvalue weighted by atomic mass is 35.5. The quantitative estimate of drug-likeness (QED) is 0.769. The van der Waals surface area contributed by atoms with E-state index >= 15 is 0 Å². The fourth-order valence-corrected chi connectivity index (χ4v) is 3.14. The van der Waals surface area contributed by atoms with Crippen LogP contribution in [0.2, 0.25) is 10.0 Å². The molecule has 2 rings (SSSR count). The Morgan fingerprint density at radius 2 is 1.96 bits per heavy atom. The number of nitrogens with zero attached hydrogens (tertiary/aromatic N) is 2. The van der Waals surface area contributed by atoms with Gasteiger partial charge in [-0.1, -0.05) is 29.3 Å². The number of halogens is 3. The van der Waals surface area contributed by atoms with Gasteiger partial charge < -0.3 is 15.5 Å². The van der Waals surface area contributed by atoms with Gasteiger partial charge in [-0.2, -0.15) is 0 Å². The maximum atomic E-state index is 12.5. The van der Waals surface area contributed by atoms with E-state index in [0.717, 1.165) is 25.2 Å². The summed E-state index contributed by atoms with van der Waals surface area (Å²) in [5.41, 5.74) is 6.78. The van der Waals surface area contributed by atoms with Crippen LogP contribution in [0.25, 0.3) is 0 Å². The van der Waals surface area contributed by atoms with Crippen LogP contribution in [0.5, 0.6) is 0 Å². The molecule has 1 aromatic rings. The van der Waals surface area contributed by atoms with Crippen molar-refractivity contribution in [1.82, 2.24) is 9.80 Å². The first-order valence-corrected chi connectivity index (χ1v) is 8.91. The molecule has 1 atom stereocenters. The van der Waals surface area contributed by atoms with E-state index in [2.05, 4.69) is 4.90 Å². The van der Waals surface area contributed by atoms with E-state index in [0.29, 0.717) is 29.6 Å². The molecular formula is C17H26Cl3N3O. The maximum Gasteiger partial charge on any atom is 0.224 e. The molecule has 1 fully saturated rings. The molecule has 136 valence electrons. The van der Waals surface area contributed by atoms with Gasteiger partial charge in [0.25, 0.3) is 0 Å². The van der Waals surface area contributed by atoms with E-state index in [1.54, 1.807) is 6.07 Å². The first kappa shape index (κ1) is 21.5. The highest BCUT2D eigenvalue weighted by molar-refractivity contribution is 6.42. The van der Waals surface area contributed by atoms with Gasteiger partial charge in [0.05, 0.1) is 10.0 Å². The van der Waals surface area contributed by atoms with Gasteiger partial charge in [-0.3, -0.25) is 4.79 Å². The third kappa shape index (κ3) is 6.77. The van der Waals surface area contributed by atoms with Gasteiger partial charge in [0, 0.05) is 32.1 Å². The smallest absolute Gasteiger partial charge is 0.224 e. The average Bonchev–Trinajstić information content (AvgIpc) is 2.99. The minimum atomic E-state index is -0.134. The van der Waals surface area contributed by atoms with Crippen molar-refractivity contribution >= 4 is 41.5 Å². The third-order valence-corrected chi connectivity index (χ3v) is 4.83. The van der Waals surface area contributed by atoms with Crippen molar-refractivity contribution in [2.24, 2.45) is 5.73 Å². The molecule has 0 radical (unpaired) electrons. The van der Waals surface area contributed by atoms with E-state index in [1.165, 1.54) is 12.8 Å². The van der Waals surface area contributed by atoms with Crippen molar-refractivity contribution < 1.29 is 4.79 Å². The number of nitrogens with two attached hydrogens (primary N) is 1. The minimum Gasteiger partial charge on any atom is -0.337 e. The Kier molecular flexibility index (Phi) is 9.39. The van der Waals surface area contributed by atoms with Crippen LogP contribution < -0.4 is 5.73 Å². The van der Waals surface area contributed by atoms with E-state index in [9.17, 15) is 4.79 Å². The molecule has 1 unspecified atom stereocenters. The van der Waals surface area contributed by atoms with Gasteiger partial charge >= 0.3 is 0 Å². The van der Waals surface area contributed by atoms with Gasteiger partial charge in [-0.15, -0.1) is 12.4 Å². The van der Waals surface area contributed by atoms with Gasteiger partial charge in [0.15, 0.2) is 0 Å². The summed E-state index contributed by atoms with van der Waals surface area (Å²) in [4.78, 5) is 16.8. The summed E-state index contributed by atoms with van der Waals surface area (Å²) < 4.78 is 0. The van der Waals surface area contributed by atoms with Gasteiger partial charge in [-0.25, -0.2) is 0 Å². The fraction of sp³-hybridized carbons (Fsp3) is 0.588. The Morgan fingerprint density at radius 3 is 2.54 bits per heavy atom. The molecule has 1 saturated heterocycles. The summed E-state index contributed by atoms with van der Waals surface area (Å²) in [7, 11) is 0. The first-order chi connectivity index (χ1) is 11.0. The maximum absolute atomic E-state index is 12.5. The molecule has 24 heavy (non-hydrogen) atoms. The zero-order valence-corrected chi connectivity index (χ0v) is 16.3. The van der Waals surface area contributed by atoms with Crippen LogP contribution in [0.1, 0.15) is 31.7 Å². The Balaban J connectivity index is 0.00000288. The molecule has 1 heterocycles. The lowest BCUT2D eigenvalue weighted by atomic mass is 10.1. The number of hydrogen-bond acceptors (Lipinski definition) is 3. The van der Waals surface area contributed by atoms with Crippen molar-refractivity contribution in [3.05, 3.63) is 33.8 Å². The summed E-state index contributed by atoms with van der Waals surface area (Å²) in [6.07, 6.45) is 2.86. The molecule has 1 aliphatic rings. The number of benzene rings is 1. The second-order valence-electron chi connectivity index (χ2n) is 6.29. The van der Waals surface area contributed by atoms with Gasteiger partial charge in [-0.05, 0) is 50.6 Å². The number of rotatable bonds is 7. The van der Waals surface area contributed by atoms with Gasteiger partial charge in [0.2, 0.25) is 5.91 Å². The molecule has 2 N–H and O–H groups in total. The van der Waals surface area contributed by atoms with Crippen molar-refractivity contribution in [3.8, 4) is 0 Å². The van der Waals surface area contributed by atoms with Crippen molar-refractivity contribution in [3.63, 3.8) is 0 Å². The summed E-state index contributed by atoms with van der Waals surface area (Å²) in [6.45, 7) is 6.27. The predicted molar refractivity (Wildman–Crippen MR) is 103 cm³/mol. The highest BCUT2D eigenvalue weighted by Crippen LogP contribution is 2.23. The Bertz CT molecular complexity index is 534. The first-order valence-electron chi connectivity index (χ1n) is 8.15. The summed E-state index contributed by atoms with van der Waals surface area (Å²) in [6, 6.07) is 5.38. The molecule has 1 aromatic carbocycles. The number of carbonyl (C=O) groups excluding carboxylic acids is 1. The topological polar surface area (TPSA) is 49.6 Å². The van der Waals surface area contributed by atoms with Crippen LogP contribution in [0.15, 0.2) is 18.2 Å². The number of likely N-dealkylation sites (tertiary alicyclic amines) is 1. The lowest BCUT2D eigenvalue weighted by Gasteiger charge is -2.26. The van der Waals surface area contributed by atoms with Crippen molar-refractivity contribution in [2.45, 2.75) is 38.8 Å². The van der Waals surface area contributed by atoms with E-state index in [4.69, 9.17) is 28.9 Å². The molecule has 7 heteroatoms. The lowest BCUT2D eigenvalue weighted by molar-refractivity contribution is -0.132. The summed E-state index contributed by atoms with van der Waals surface area (Å²) in [5.74, 6) is 0.0882. The lowest BCUT2D eigenvalue weighted by Crippen LogP contribution is -2.39. The Labute approximate surface area is 160 Å². The minimum absolute atomic E-state index is 0. The molecule has 0 spiro atoms. The fourth-order valence-electron chi connectivity index (χ4n) is 2.82. The third-order valence-electron chi connectivity index (χ3n) is 4.09. The van der Waals surface area contributed by atoms with Crippen LogP contribution in [0.4, 0.5) is 0 Å². The molecular weight excluding hydrogens is 369 g/mol. The number of hydrogen-bond donors (Lipinski definition) is 1. The van der Waals surface area contributed by atoms with Crippen molar-refractivity contribution in [2.75, 3.05) is 26.2 Å². The highest BCUT2D eigenvalue weighted by Gasteiger charge is 2.18. The Morgan fingerprint density at radius 1 is 1.29 bits per heavy atom. The second-order valence-corrected chi connectivity index (χ2v) is 7.11.